The molecule has 1 aliphatic heterocycles. The van der Waals surface area contributed by atoms with E-state index in [1.165, 1.54) is 12.8 Å². The van der Waals surface area contributed by atoms with Crippen molar-refractivity contribution in [3.05, 3.63) is 0 Å². The molecule has 0 spiro atoms. The Morgan fingerprint density at radius 2 is 1.94 bits per heavy atom. The molecule has 0 radical (unpaired) electrons. The van der Waals surface area contributed by atoms with Crippen molar-refractivity contribution < 1.29 is 4.79 Å². The van der Waals surface area contributed by atoms with Gasteiger partial charge in [-0.15, -0.1) is 0 Å². The molecule has 1 rings (SSSR count). The molecule has 0 aromatic rings. The highest BCUT2D eigenvalue weighted by Gasteiger charge is 2.30. The number of hydrogen-bond donors (Lipinski definition) is 1. The molecule has 1 aliphatic rings. The summed E-state index contributed by atoms with van der Waals surface area (Å²) in [5.41, 5.74) is 6.08. The first-order valence-electron chi connectivity index (χ1n) is 6.88. The molecule has 1 fully saturated rings. The van der Waals surface area contributed by atoms with Crippen LogP contribution in [0, 0.1) is 11.3 Å². The lowest BCUT2D eigenvalue weighted by Gasteiger charge is -2.30. The van der Waals surface area contributed by atoms with Crippen LogP contribution in [0.3, 0.4) is 0 Å². The topological polar surface area (TPSA) is 46.3 Å². The standard InChI is InChI=1S/C14H28N2O/c1-11(2)10-14(4)6-5-8-16(9-7-14)13(17)12(3)15/h11-12H,5-10,15H2,1-4H3. The smallest absolute Gasteiger partial charge is 0.239 e. The van der Waals surface area contributed by atoms with Gasteiger partial charge < -0.3 is 10.6 Å². The second-order valence-corrected chi connectivity index (χ2v) is 6.38. The van der Waals surface area contributed by atoms with E-state index in [0.717, 1.165) is 31.8 Å². The molecular formula is C14H28N2O. The van der Waals surface area contributed by atoms with Crippen LogP contribution in [0.15, 0.2) is 0 Å². The molecular weight excluding hydrogens is 212 g/mol. The maximum atomic E-state index is 11.9. The van der Waals surface area contributed by atoms with E-state index in [-0.39, 0.29) is 11.9 Å². The van der Waals surface area contributed by atoms with Crippen LogP contribution in [0.25, 0.3) is 0 Å². The number of amides is 1. The summed E-state index contributed by atoms with van der Waals surface area (Å²) in [5.74, 6) is 0.842. The lowest BCUT2D eigenvalue weighted by Crippen LogP contribution is -2.42. The molecule has 3 heteroatoms. The first kappa shape index (κ1) is 14.5. The zero-order valence-corrected chi connectivity index (χ0v) is 11.8. The minimum Gasteiger partial charge on any atom is -0.341 e. The van der Waals surface area contributed by atoms with Crippen LogP contribution in [0.1, 0.15) is 53.4 Å². The Morgan fingerprint density at radius 1 is 1.29 bits per heavy atom. The molecule has 0 aromatic heterocycles. The van der Waals surface area contributed by atoms with Crippen LogP contribution < -0.4 is 5.73 Å². The summed E-state index contributed by atoms with van der Waals surface area (Å²) in [6, 6.07) is -0.357. The number of carbonyl (C=O) groups excluding carboxylic acids is 1. The summed E-state index contributed by atoms with van der Waals surface area (Å²) in [5, 5.41) is 0. The van der Waals surface area contributed by atoms with Crippen LogP contribution in [-0.4, -0.2) is 29.9 Å². The van der Waals surface area contributed by atoms with E-state index in [2.05, 4.69) is 20.8 Å². The highest BCUT2D eigenvalue weighted by Crippen LogP contribution is 2.37. The molecule has 1 saturated heterocycles. The largest absolute Gasteiger partial charge is 0.341 e. The summed E-state index contributed by atoms with van der Waals surface area (Å²) in [7, 11) is 0. The van der Waals surface area contributed by atoms with Gasteiger partial charge >= 0.3 is 0 Å². The second kappa shape index (κ2) is 5.85. The van der Waals surface area contributed by atoms with E-state index < -0.39 is 0 Å². The minimum atomic E-state index is -0.357. The second-order valence-electron chi connectivity index (χ2n) is 6.38. The molecule has 0 aromatic carbocycles. The fraction of sp³-hybridized carbons (Fsp3) is 0.929. The fourth-order valence-corrected chi connectivity index (χ4v) is 3.04. The highest BCUT2D eigenvalue weighted by atomic mass is 16.2. The average molecular weight is 240 g/mol. The van der Waals surface area contributed by atoms with Crippen molar-refractivity contribution in [2.45, 2.75) is 59.4 Å². The molecule has 1 amide bonds. The van der Waals surface area contributed by atoms with E-state index in [4.69, 9.17) is 5.73 Å². The predicted octanol–water partition coefficient (Wildman–Crippen LogP) is 2.40. The third-order valence-corrected chi connectivity index (χ3v) is 3.80. The Balaban J connectivity index is 2.58. The zero-order chi connectivity index (χ0) is 13.1. The van der Waals surface area contributed by atoms with Gasteiger partial charge in [-0.05, 0) is 43.9 Å². The van der Waals surface area contributed by atoms with Crippen LogP contribution in [0.4, 0.5) is 0 Å². The third kappa shape index (κ3) is 4.30. The van der Waals surface area contributed by atoms with E-state index in [1.54, 1.807) is 6.92 Å². The van der Waals surface area contributed by atoms with E-state index in [9.17, 15) is 4.79 Å². The van der Waals surface area contributed by atoms with Gasteiger partial charge in [0.15, 0.2) is 0 Å². The Morgan fingerprint density at radius 3 is 2.47 bits per heavy atom. The van der Waals surface area contributed by atoms with Gasteiger partial charge in [0.05, 0.1) is 6.04 Å². The number of nitrogens with two attached hydrogens (primary N) is 1. The number of hydrogen-bond acceptors (Lipinski definition) is 2. The molecule has 3 nitrogen and oxygen atoms in total. The van der Waals surface area contributed by atoms with Crippen LogP contribution in [0.2, 0.25) is 0 Å². The van der Waals surface area contributed by atoms with Crippen molar-refractivity contribution >= 4 is 5.91 Å². The SMILES string of the molecule is CC(C)CC1(C)CCCN(C(=O)C(C)N)CC1. The first-order valence-corrected chi connectivity index (χ1v) is 6.88. The molecule has 1 heterocycles. The number of carbonyl (C=O) groups is 1. The lowest BCUT2D eigenvalue weighted by molar-refractivity contribution is -0.132. The van der Waals surface area contributed by atoms with Gasteiger partial charge in [0.25, 0.3) is 0 Å². The highest BCUT2D eigenvalue weighted by molar-refractivity contribution is 5.81. The van der Waals surface area contributed by atoms with Gasteiger partial charge in [-0.2, -0.15) is 0 Å². The maximum absolute atomic E-state index is 11.9. The van der Waals surface area contributed by atoms with Crippen molar-refractivity contribution in [3.63, 3.8) is 0 Å². The van der Waals surface area contributed by atoms with Gasteiger partial charge in [0.2, 0.25) is 5.91 Å². The van der Waals surface area contributed by atoms with Crippen LogP contribution in [-0.2, 0) is 4.79 Å². The van der Waals surface area contributed by atoms with Crippen LogP contribution in [0.5, 0.6) is 0 Å². The Kier molecular flexibility index (Phi) is 4.99. The Hall–Kier alpha value is -0.570. The third-order valence-electron chi connectivity index (χ3n) is 3.80. The molecule has 17 heavy (non-hydrogen) atoms. The normalized spacial score (nSPS) is 28.0. The summed E-state index contributed by atoms with van der Waals surface area (Å²) in [6.45, 7) is 10.5. The molecule has 2 N–H and O–H groups in total. The molecule has 0 aliphatic carbocycles. The predicted molar refractivity (Wildman–Crippen MR) is 71.6 cm³/mol. The number of likely N-dealkylation sites (tertiary alicyclic amines) is 1. The zero-order valence-electron chi connectivity index (χ0n) is 11.8. The van der Waals surface area contributed by atoms with Gasteiger partial charge in [0.1, 0.15) is 0 Å². The van der Waals surface area contributed by atoms with Crippen molar-refractivity contribution in [2.24, 2.45) is 17.1 Å². The molecule has 0 bridgehead atoms. The molecule has 2 unspecified atom stereocenters. The summed E-state index contributed by atoms with van der Waals surface area (Å²) >= 11 is 0. The number of nitrogens with zero attached hydrogens (tertiary/aromatic N) is 1. The Bertz CT molecular complexity index is 263. The fourth-order valence-electron chi connectivity index (χ4n) is 3.04. The lowest BCUT2D eigenvalue weighted by atomic mass is 9.76. The Labute approximate surface area is 106 Å². The van der Waals surface area contributed by atoms with E-state index in [1.807, 2.05) is 4.90 Å². The van der Waals surface area contributed by atoms with E-state index in [0.29, 0.717) is 5.41 Å². The minimum absolute atomic E-state index is 0.110. The van der Waals surface area contributed by atoms with Gasteiger partial charge in [0, 0.05) is 13.1 Å². The van der Waals surface area contributed by atoms with Crippen molar-refractivity contribution in [2.75, 3.05) is 13.1 Å². The van der Waals surface area contributed by atoms with Crippen molar-refractivity contribution in [3.8, 4) is 0 Å². The summed E-state index contributed by atoms with van der Waals surface area (Å²) < 4.78 is 0. The molecule has 0 saturated carbocycles. The molecule has 100 valence electrons. The summed E-state index contributed by atoms with van der Waals surface area (Å²) in [6.07, 6.45) is 4.71. The quantitative estimate of drug-likeness (QED) is 0.823. The first-order chi connectivity index (χ1) is 7.84. The van der Waals surface area contributed by atoms with Crippen LogP contribution >= 0.6 is 0 Å². The summed E-state index contributed by atoms with van der Waals surface area (Å²) in [4.78, 5) is 13.8. The average Bonchev–Trinajstić information content (AvgIpc) is 2.38. The van der Waals surface area contributed by atoms with Crippen molar-refractivity contribution in [1.29, 1.82) is 0 Å². The van der Waals surface area contributed by atoms with Crippen molar-refractivity contribution in [1.82, 2.24) is 4.90 Å². The van der Waals surface area contributed by atoms with E-state index >= 15 is 0 Å². The number of rotatable bonds is 3. The van der Waals surface area contributed by atoms with Gasteiger partial charge in [-0.3, -0.25) is 4.79 Å². The van der Waals surface area contributed by atoms with Gasteiger partial charge in [-0.1, -0.05) is 20.8 Å². The van der Waals surface area contributed by atoms with Gasteiger partial charge in [-0.25, -0.2) is 0 Å². The maximum Gasteiger partial charge on any atom is 0.239 e. The molecule has 2 atom stereocenters. The monoisotopic (exact) mass is 240 g/mol.